The van der Waals surface area contributed by atoms with Gasteiger partial charge in [-0.15, -0.1) is 0 Å². The smallest absolute Gasteiger partial charge is 0.252 e. The van der Waals surface area contributed by atoms with Crippen molar-refractivity contribution in [1.82, 2.24) is 9.97 Å². The van der Waals surface area contributed by atoms with Gasteiger partial charge in [0.1, 0.15) is 5.82 Å². The Labute approximate surface area is 103 Å². The van der Waals surface area contributed by atoms with Crippen molar-refractivity contribution in [3.05, 3.63) is 46.5 Å². The van der Waals surface area contributed by atoms with Gasteiger partial charge in [-0.2, -0.15) is 0 Å². The molecule has 0 spiro atoms. The summed E-state index contributed by atoms with van der Waals surface area (Å²) in [6.45, 7) is 0.762. The zero-order valence-corrected chi connectivity index (χ0v) is 9.47. The van der Waals surface area contributed by atoms with Crippen molar-refractivity contribution in [3.63, 3.8) is 0 Å². The van der Waals surface area contributed by atoms with E-state index in [1.807, 2.05) is 18.2 Å². The van der Waals surface area contributed by atoms with Crippen LogP contribution in [0.15, 0.2) is 35.4 Å². The molecule has 0 saturated carbocycles. The minimum Gasteiger partial charge on any atom is -0.454 e. The summed E-state index contributed by atoms with van der Waals surface area (Å²) in [6.07, 6.45) is 1.36. The van der Waals surface area contributed by atoms with Crippen molar-refractivity contribution in [2.45, 2.75) is 6.54 Å². The van der Waals surface area contributed by atoms with Gasteiger partial charge in [0, 0.05) is 18.2 Å². The third-order valence-corrected chi connectivity index (χ3v) is 2.62. The molecular formula is C12H11N3O3. The maximum atomic E-state index is 11.1. The fourth-order valence-corrected chi connectivity index (χ4v) is 1.78. The number of hydrogen-bond acceptors (Lipinski definition) is 5. The lowest BCUT2D eigenvalue weighted by atomic mass is 10.2. The zero-order valence-electron chi connectivity index (χ0n) is 9.47. The van der Waals surface area contributed by atoms with Crippen LogP contribution in [0.4, 0.5) is 5.82 Å². The molecule has 0 saturated heterocycles. The number of anilines is 1. The highest BCUT2D eigenvalue weighted by molar-refractivity contribution is 5.49. The third-order valence-electron chi connectivity index (χ3n) is 2.62. The van der Waals surface area contributed by atoms with Gasteiger partial charge >= 0.3 is 0 Å². The average molecular weight is 245 g/mol. The van der Waals surface area contributed by atoms with Crippen LogP contribution in [0, 0.1) is 0 Å². The molecule has 1 aliphatic heterocycles. The summed E-state index contributed by atoms with van der Waals surface area (Å²) in [5.74, 6) is 2.01. The fourth-order valence-electron chi connectivity index (χ4n) is 1.78. The van der Waals surface area contributed by atoms with Gasteiger partial charge in [-0.25, -0.2) is 4.98 Å². The normalized spacial score (nSPS) is 12.4. The Morgan fingerprint density at radius 3 is 3.22 bits per heavy atom. The van der Waals surface area contributed by atoms with E-state index in [2.05, 4.69) is 15.3 Å². The number of nitrogens with zero attached hydrogens (tertiary/aromatic N) is 1. The predicted octanol–water partition coefficient (Wildman–Crippen LogP) is 1.11. The molecular weight excluding hydrogens is 234 g/mol. The maximum absolute atomic E-state index is 11.1. The molecule has 1 aromatic carbocycles. The summed E-state index contributed by atoms with van der Waals surface area (Å²) in [7, 11) is 0. The van der Waals surface area contributed by atoms with Crippen LogP contribution in [0.3, 0.4) is 0 Å². The fraction of sp³-hybridized carbons (Fsp3) is 0.167. The number of ether oxygens (including phenoxy) is 2. The molecule has 6 nitrogen and oxygen atoms in total. The first-order valence-corrected chi connectivity index (χ1v) is 5.49. The number of aromatic amines is 1. The second-order valence-electron chi connectivity index (χ2n) is 3.80. The van der Waals surface area contributed by atoms with Gasteiger partial charge in [0.05, 0.1) is 6.33 Å². The lowest BCUT2D eigenvalue weighted by Gasteiger charge is -2.07. The molecule has 0 bridgehead atoms. The number of fused-ring (bicyclic) bond motifs is 1. The van der Waals surface area contributed by atoms with Crippen molar-refractivity contribution in [1.29, 1.82) is 0 Å². The average Bonchev–Trinajstić information content (AvgIpc) is 2.85. The van der Waals surface area contributed by atoms with Crippen LogP contribution >= 0.6 is 0 Å². The highest BCUT2D eigenvalue weighted by Gasteiger charge is 2.16. The Bertz CT molecular complexity index is 624. The molecule has 0 radical (unpaired) electrons. The van der Waals surface area contributed by atoms with E-state index in [9.17, 15) is 4.79 Å². The number of hydrogen-bond donors (Lipinski definition) is 2. The van der Waals surface area contributed by atoms with Gasteiger partial charge in [-0.05, 0) is 6.07 Å². The summed E-state index contributed by atoms with van der Waals surface area (Å²) in [4.78, 5) is 17.6. The van der Waals surface area contributed by atoms with Crippen LogP contribution in [0.1, 0.15) is 5.56 Å². The minimum atomic E-state index is -0.189. The molecule has 18 heavy (non-hydrogen) atoms. The first-order valence-electron chi connectivity index (χ1n) is 5.49. The van der Waals surface area contributed by atoms with E-state index < -0.39 is 0 Å². The van der Waals surface area contributed by atoms with Gasteiger partial charge in [0.15, 0.2) is 11.5 Å². The maximum Gasteiger partial charge on any atom is 0.252 e. The Kier molecular flexibility index (Phi) is 2.60. The molecule has 0 amide bonds. The van der Waals surface area contributed by atoms with Crippen LogP contribution in [0.25, 0.3) is 0 Å². The molecule has 6 heteroatoms. The van der Waals surface area contributed by atoms with Crippen molar-refractivity contribution in [3.8, 4) is 11.5 Å². The van der Waals surface area contributed by atoms with Crippen molar-refractivity contribution < 1.29 is 9.47 Å². The number of rotatable bonds is 3. The molecule has 2 heterocycles. The SMILES string of the molecule is O=c1cc(NCc2cccc3c2OCO3)nc[nH]1. The van der Waals surface area contributed by atoms with Crippen LogP contribution in [0.2, 0.25) is 0 Å². The summed E-state index contributed by atoms with van der Waals surface area (Å²) < 4.78 is 10.7. The van der Waals surface area contributed by atoms with Gasteiger partial charge in [0.2, 0.25) is 6.79 Å². The van der Waals surface area contributed by atoms with E-state index in [1.54, 1.807) is 0 Å². The summed E-state index contributed by atoms with van der Waals surface area (Å²) >= 11 is 0. The Morgan fingerprint density at radius 2 is 2.33 bits per heavy atom. The Morgan fingerprint density at radius 1 is 1.39 bits per heavy atom. The molecule has 2 N–H and O–H groups in total. The predicted molar refractivity (Wildman–Crippen MR) is 64.7 cm³/mol. The monoisotopic (exact) mass is 245 g/mol. The first kappa shape index (κ1) is 10.6. The molecule has 0 aliphatic carbocycles. The Balaban J connectivity index is 1.78. The van der Waals surface area contributed by atoms with Crippen molar-refractivity contribution in [2.24, 2.45) is 0 Å². The number of aromatic nitrogens is 2. The van der Waals surface area contributed by atoms with Crippen LogP contribution < -0.4 is 20.3 Å². The van der Waals surface area contributed by atoms with Crippen molar-refractivity contribution in [2.75, 3.05) is 12.1 Å². The quantitative estimate of drug-likeness (QED) is 0.847. The topological polar surface area (TPSA) is 76.2 Å². The lowest BCUT2D eigenvalue weighted by Crippen LogP contribution is -2.09. The summed E-state index contributed by atoms with van der Waals surface area (Å²) in [6, 6.07) is 7.10. The Hall–Kier alpha value is -2.50. The standard InChI is InChI=1S/C12H11N3O3/c16-11-4-10(14-6-15-11)13-5-8-2-1-3-9-12(8)18-7-17-9/h1-4,6H,5,7H2,(H2,13,14,15,16). The molecule has 1 aliphatic rings. The van der Waals surface area contributed by atoms with Crippen LogP contribution in [-0.4, -0.2) is 16.8 Å². The summed E-state index contributed by atoms with van der Waals surface area (Å²) in [5.41, 5.74) is 0.775. The van der Waals surface area contributed by atoms with E-state index in [0.29, 0.717) is 12.4 Å². The summed E-state index contributed by atoms with van der Waals surface area (Å²) in [5, 5.41) is 3.06. The number of H-pyrrole nitrogens is 1. The molecule has 3 rings (SSSR count). The minimum absolute atomic E-state index is 0.189. The van der Waals surface area contributed by atoms with E-state index in [1.165, 1.54) is 12.4 Å². The van der Waals surface area contributed by atoms with Gasteiger partial charge in [0.25, 0.3) is 5.56 Å². The molecule has 1 aromatic heterocycles. The number of benzene rings is 1. The van der Waals surface area contributed by atoms with Gasteiger partial charge in [-0.1, -0.05) is 12.1 Å². The van der Waals surface area contributed by atoms with E-state index in [-0.39, 0.29) is 12.4 Å². The van der Waals surface area contributed by atoms with Gasteiger partial charge < -0.3 is 19.8 Å². The van der Waals surface area contributed by atoms with E-state index >= 15 is 0 Å². The number of nitrogens with one attached hydrogen (secondary N) is 2. The largest absolute Gasteiger partial charge is 0.454 e. The lowest BCUT2D eigenvalue weighted by molar-refractivity contribution is 0.173. The van der Waals surface area contributed by atoms with E-state index in [4.69, 9.17) is 9.47 Å². The van der Waals surface area contributed by atoms with E-state index in [0.717, 1.165) is 17.1 Å². The number of para-hydroxylation sites is 1. The molecule has 2 aromatic rings. The second-order valence-corrected chi connectivity index (χ2v) is 3.80. The first-order chi connectivity index (χ1) is 8.83. The van der Waals surface area contributed by atoms with Crippen LogP contribution in [-0.2, 0) is 6.54 Å². The zero-order chi connectivity index (χ0) is 12.4. The highest BCUT2D eigenvalue weighted by Crippen LogP contribution is 2.35. The third kappa shape index (κ3) is 2.00. The van der Waals surface area contributed by atoms with Crippen molar-refractivity contribution >= 4 is 5.82 Å². The van der Waals surface area contributed by atoms with Gasteiger partial charge in [-0.3, -0.25) is 4.79 Å². The highest BCUT2D eigenvalue weighted by atomic mass is 16.7. The molecule has 0 unspecified atom stereocenters. The molecule has 0 atom stereocenters. The van der Waals surface area contributed by atoms with Crippen LogP contribution in [0.5, 0.6) is 11.5 Å². The molecule has 0 fully saturated rings. The second kappa shape index (κ2) is 4.40. The molecule has 92 valence electrons.